The molecule has 0 saturated carbocycles. The molecular formula is C20H23FN6O2. The SMILES string of the molecule is Cc1c(N)ccnc1OC1CCCN(C(=O)c2c(F)cccc2N=NCC=N)C1. The van der Waals surface area contributed by atoms with Crippen molar-refractivity contribution in [3.8, 4) is 5.88 Å². The van der Waals surface area contributed by atoms with Gasteiger partial charge in [-0.15, -0.1) is 0 Å². The lowest BCUT2D eigenvalue weighted by Gasteiger charge is -2.33. The molecule has 0 bridgehead atoms. The number of pyridine rings is 1. The molecule has 1 saturated heterocycles. The molecule has 1 aromatic carbocycles. The zero-order valence-corrected chi connectivity index (χ0v) is 16.1. The molecule has 29 heavy (non-hydrogen) atoms. The Morgan fingerprint density at radius 2 is 2.31 bits per heavy atom. The summed E-state index contributed by atoms with van der Waals surface area (Å²) >= 11 is 0. The summed E-state index contributed by atoms with van der Waals surface area (Å²) < 4.78 is 20.4. The maximum atomic E-state index is 14.5. The van der Waals surface area contributed by atoms with E-state index in [-0.39, 0.29) is 23.9 Å². The molecule has 0 spiro atoms. The van der Waals surface area contributed by atoms with Crippen molar-refractivity contribution in [2.45, 2.75) is 25.9 Å². The third kappa shape index (κ3) is 4.74. The molecule has 1 atom stereocenters. The van der Waals surface area contributed by atoms with Gasteiger partial charge >= 0.3 is 0 Å². The van der Waals surface area contributed by atoms with Gasteiger partial charge in [-0.1, -0.05) is 6.07 Å². The quantitative estimate of drug-likeness (QED) is 0.572. The minimum absolute atomic E-state index is 0.0658. The molecule has 8 nitrogen and oxygen atoms in total. The molecule has 3 rings (SSSR count). The second kappa shape index (κ2) is 9.22. The second-order valence-corrected chi connectivity index (χ2v) is 6.73. The number of benzene rings is 1. The van der Waals surface area contributed by atoms with E-state index in [2.05, 4.69) is 15.2 Å². The predicted octanol–water partition coefficient (Wildman–Crippen LogP) is 3.53. The van der Waals surface area contributed by atoms with Crippen molar-refractivity contribution < 1.29 is 13.9 Å². The van der Waals surface area contributed by atoms with Crippen LogP contribution >= 0.6 is 0 Å². The van der Waals surface area contributed by atoms with Crippen LogP contribution in [0.15, 0.2) is 40.7 Å². The predicted molar refractivity (Wildman–Crippen MR) is 108 cm³/mol. The zero-order chi connectivity index (χ0) is 20.8. The first-order valence-electron chi connectivity index (χ1n) is 9.33. The van der Waals surface area contributed by atoms with Gasteiger partial charge in [0.05, 0.1) is 13.1 Å². The van der Waals surface area contributed by atoms with Crippen LogP contribution in [0.25, 0.3) is 0 Å². The van der Waals surface area contributed by atoms with Gasteiger partial charge in [0.2, 0.25) is 5.88 Å². The van der Waals surface area contributed by atoms with Gasteiger partial charge in [-0.05, 0) is 38.0 Å². The average Bonchev–Trinajstić information content (AvgIpc) is 2.71. The highest BCUT2D eigenvalue weighted by atomic mass is 19.1. The second-order valence-electron chi connectivity index (χ2n) is 6.73. The van der Waals surface area contributed by atoms with Gasteiger partial charge in [-0.3, -0.25) is 4.79 Å². The molecule has 3 N–H and O–H groups in total. The fourth-order valence-electron chi connectivity index (χ4n) is 3.15. The van der Waals surface area contributed by atoms with E-state index in [1.54, 1.807) is 17.2 Å². The number of amides is 1. The van der Waals surface area contributed by atoms with Crippen molar-refractivity contribution in [3.05, 3.63) is 47.4 Å². The Kier molecular flexibility index (Phi) is 6.48. The number of rotatable bonds is 6. The number of carbonyl (C=O) groups excluding carboxylic acids is 1. The largest absolute Gasteiger partial charge is 0.472 e. The number of nitrogen functional groups attached to an aromatic ring is 1. The smallest absolute Gasteiger partial charge is 0.259 e. The Balaban J connectivity index is 1.78. The maximum absolute atomic E-state index is 14.5. The third-order valence-corrected chi connectivity index (χ3v) is 4.70. The number of hydrogen-bond acceptors (Lipinski definition) is 7. The Labute approximate surface area is 168 Å². The molecule has 152 valence electrons. The topological polar surface area (TPSA) is 117 Å². The van der Waals surface area contributed by atoms with Crippen LogP contribution in [0.4, 0.5) is 15.8 Å². The minimum atomic E-state index is -0.655. The summed E-state index contributed by atoms with van der Waals surface area (Å²) in [6.45, 7) is 2.69. The van der Waals surface area contributed by atoms with Crippen LogP contribution in [0, 0.1) is 18.2 Å². The van der Waals surface area contributed by atoms with Gasteiger partial charge in [0.25, 0.3) is 5.91 Å². The number of likely N-dealkylation sites (tertiary alicyclic amines) is 1. The van der Waals surface area contributed by atoms with Crippen LogP contribution in [0.5, 0.6) is 5.88 Å². The Morgan fingerprint density at radius 1 is 1.48 bits per heavy atom. The van der Waals surface area contributed by atoms with Crippen molar-refractivity contribution in [1.29, 1.82) is 5.41 Å². The summed E-state index contributed by atoms with van der Waals surface area (Å²) in [5.41, 5.74) is 7.26. The molecule has 0 aliphatic carbocycles. The van der Waals surface area contributed by atoms with E-state index in [1.807, 2.05) is 6.92 Å². The number of piperidine rings is 1. The van der Waals surface area contributed by atoms with Gasteiger partial charge in [0.1, 0.15) is 23.2 Å². The third-order valence-electron chi connectivity index (χ3n) is 4.70. The molecule has 1 aliphatic rings. The number of anilines is 1. The van der Waals surface area contributed by atoms with E-state index in [4.69, 9.17) is 15.9 Å². The number of aromatic nitrogens is 1. The molecule has 1 fully saturated rings. The number of nitrogens with zero attached hydrogens (tertiary/aromatic N) is 4. The van der Waals surface area contributed by atoms with Crippen molar-refractivity contribution >= 4 is 23.5 Å². The van der Waals surface area contributed by atoms with Gasteiger partial charge in [0, 0.05) is 30.2 Å². The number of azo groups is 1. The lowest BCUT2D eigenvalue weighted by Crippen LogP contribution is -2.44. The van der Waals surface area contributed by atoms with Crippen molar-refractivity contribution in [2.75, 3.05) is 25.4 Å². The van der Waals surface area contributed by atoms with Crippen molar-refractivity contribution in [2.24, 2.45) is 10.2 Å². The summed E-state index contributed by atoms with van der Waals surface area (Å²) in [6, 6.07) is 5.93. The van der Waals surface area contributed by atoms with Crippen LogP contribution < -0.4 is 10.5 Å². The van der Waals surface area contributed by atoms with E-state index in [0.29, 0.717) is 24.7 Å². The molecule has 1 amide bonds. The fourth-order valence-corrected chi connectivity index (χ4v) is 3.15. The number of nitrogens with two attached hydrogens (primary N) is 1. The number of nitrogens with one attached hydrogen (secondary N) is 1. The van der Waals surface area contributed by atoms with Gasteiger partial charge in [-0.2, -0.15) is 10.2 Å². The number of halogens is 1. The van der Waals surface area contributed by atoms with Gasteiger partial charge in [0.15, 0.2) is 0 Å². The number of carbonyl (C=O) groups is 1. The highest BCUT2D eigenvalue weighted by Crippen LogP contribution is 2.27. The molecule has 0 radical (unpaired) electrons. The summed E-state index contributed by atoms with van der Waals surface area (Å²) in [6.07, 6.45) is 3.85. The van der Waals surface area contributed by atoms with Crippen LogP contribution in [-0.4, -0.2) is 47.7 Å². The van der Waals surface area contributed by atoms with Crippen molar-refractivity contribution in [3.63, 3.8) is 0 Å². The summed E-state index contributed by atoms with van der Waals surface area (Å²) in [5.74, 6) is -0.675. The van der Waals surface area contributed by atoms with Gasteiger partial charge in [-0.25, -0.2) is 9.37 Å². The van der Waals surface area contributed by atoms with Crippen LogP contribution in [0.1, 0.15) is 28.8 Å². The number of hydrogen-bond donors (Lipinski definition) is 2. The maximum Gasteiger partial charge on any atom is 0.259 e. The lowest BCUT2D eigenvalue weighted by molar-refractivity contribution is 0.0523. The molecule has 1 aliphatic heterocycles. The minimum Gasteiger partial charge on any atom is -0.472 e. The summed E-state index contributed by atoms with van der Waals surface area (Å²) in [5, 5.41) is 14.7. The zero-order valence-electron chi connectivity index (χ0n) is 16.1. The number of ether oxygens (including phenoxy) is 1. The monoisotopic (exact) mass is 398 g/mol. The Hall–Kier alpha value is -3.36. The molecule has 1 aromatic heterocycles. The first-order chi connectivity index (χ1) is 14.0. The van der Waals surface area contributed by atoms with Crippen LogP contribution in [0.3, 0.4) is 0 Å². The Morgan fingerprint density at radius 3 is 3.10 bits per heavy atom. The first kappa shape index (κ1) is 20.4. The van der Waals surface area contributed by atoms with E-state index >= 15 is 0 Å². The molecule has 2 aromatic rings. The van der Waals surface area contributed by atoms with Crippen molar-refractivity contribution in [1.82, 2.24) is 9.88 Å². The standard InChI is InChI=1S/C20H23FN6O2/c1-13-16(23)7-9-24-19(13)29-14-4-3-11-27(12-14)20(28)18-15(21)5-2-6-17(18)26-25-10-8-22/h2,5-9,14,22H,3-4,10-12H2,1H3,(H2,23,24). The van der Waals surface area contributed by atoms with Gasteiger partial charge < -0.3 is 20.8 Å². The average molecular weight is 398 g/mol. The molecule has 2 heterocycles. The summed E-state index contributed by atoms with van der Waals surface area (Å²) in [4.78, 5) is 18.8. The fraction of sp³-hybridized carbons (Fsp3) is 0.350. The van der Waals surface area contributed by atoms with E-state index in [1.165, 1.54) is 18.2 Å². The van der Waals surface area contributed by atoms with Crippen LogP contribution in [-0.2, 0) is 0 Å². The van der Waals surface area contributed by atoms with E-state index < -0.39 is 11.7 Å². The Bertz CT molecular complexity index is 933. The van der Waals surface area contributed by atoms with E-state index in [9.17, 15) is 9.18 Å². The first-order valence-corrected chi connectivity index (χ1v) is 9.33. The molecular weight excluding hydrogens is 375 g/mol. The highest BCUT2D eigenvalue weighted by molar-refractivity contribution is 5.99. The summed E-state index contributed by atoms with van der Waals surface area (Å²) in [7, 11) is 0. The normalized spacial score (nSPS) is 16.8. The molecule has 9 heteroatoms. The highest BCUT2D eigenvalue weighted by Gasteiger charge is 2.29. The van der Waals surface area contributed by atoms with E-state index in [0.717, 1.165) is 24.6 Å². The van der Waals surface area contributed by atoms with Crippen LogP contribution in [0.2, 0.25) is 0 Å². The lowest BCUT2D eigenvalue weighted by atomic mass is 10.1. The molecule has 1 unspecified atom stereocenters.